The van der Waals surface area contributed by atoms with Gasteiger partial charge in [-0.3, -0.25) is 14.5 Å². The van der Waals surface area contributed by atoms with E-state index in [2.05, 4.69) is 4.90 Å². The predicted molar refractivity (Wildman–Crippen MR) is 104 cm³/mol. The number of likely N-dealkylation sites (tertiary alicyclic amines) is 1. The molecule has 0 aliphatic carbocycles. The zero-order valence-electron chi connectivity index (χ0n) is 16.6. The Morgan fingerprint density at radius 1 is 1.26 bits per heavy atom. The number of aromatic nitrogens is 1. The van der Waals surface area contributed by atoms with Crippen LogP contribution in [0.3, 0.4) is 0 Å². The van der Waals surface area contributed by atoms with Crippen LogP contribution in [0.2, 0.25) is 0 Å². The summed E-state index contributed by atoms with van der Waals surface area (Å²) in [5.41, 5.74) is 0.706. The molecular formula is C20H32N4O3. The number of piperidine rings is 1. The van der Waals surface area contributed by atoms with E-state index in [0.717, 1.165) is 65.2 Å². The fourth-order valence-electron chi connectivity index (χ4n) is 4.13. The van der Waals surface area contributed by atoms with Crippen LogP contribution in [0.25, 0.3) is 0 Å². The minimum Gasteiger partial charge on any atom is -0.379 e. The molecule has 0 radical (unpaired) electrons. The first-order valence-electron chi connectivity index (χ1n) is 10.0. The van der Waals surface area contributed by atoms with Gasteiger partial charge in [-0.2, -0.15) is 0 Å². The van der Waals surface area contributed by atoms with Crippen LogP contribution in [-0.4, -0.2) is 89.6 Å². The van der Waals surface area contributed by atoms with Crippen molar-refractivity contribution in [3.63, 3.8) is 0 Å². The molecule has 2 amide bonds. The molecule has 150 valence electrons. The summed E-state index contributed by atoms with van der Waals surface area (Å²) in [5, 5.41) is 0. The molecule has 1 unspecified atom stereocenters. The molecule has 3 heterocycles. The first-order valence-corrected chi connectivity index (χ1v) is 10.0. The summed E-state index contributed by atoms with van der Waals surface area (Å²) in [5.74, 6) is 0.166. The lowest BCUT2D eigenvalue weighted by Gasteiger charge is -2.39. The van der Waals surface area contributed by atoms with Crippen LogP contribution < -0.4 is 0 Å². The molecule has 27 heavy (non-hydrogen) atoms. The SMILES string of the molecule is CC(=O)N(CCCN1CCOCC1)C1CCCN(C(=O)c2cccn2C)C1. The van der Waals surface area contributed by atoms with E-state index in [1.807, 2.05) is 39.7 Å². The molecule has 1 aromatic heterocycles. The first kappa shape index (κ1) is 19.9. The number of carbonyl (C=O) groups excluding carboxylic acids is 2. The topological polar surface area (TPSA) is 58.0 Å². The van der Waals surface area contributed by atoms with Crippen molar-refractivity contribution in [2.75, 3.05) is 52.5 Å². The van der Waals surface area contributed by atoms with E-state index in [1.54, 1.807) is 6.92 Å². The van der Waals surface area contributed by atoms with Crippen LogP contribution in [-0.2, 0) is 16.6 Å². The Kier molecular flexibility index (Phi) is 6.90. The monoisotopic (exact) mass is 376 g/mol. The van der Waals surface area contributed by atoms with Gasteiger partial charge in [-0.15, -0.1) is 0 Å². The molecule has 0 spiro atoms. The van der Waals surface area contributed by atoms with Crippen LogP contribution in [0.1, 0.15) is 36.7 Å². The van der Waals surface area contributed by atoms with E-state index in [4.69, 9.17) is 4.74 Å². The van der Waals surface area contributed by atoms with E-state index >= 15 is 0 Å². The lowest BCUT2D eigenvalue weighted by Crippen LogP contribution is -2.52. The minimum atomic E-state index is 0.0593. The average Bonchev–Trinajstić information content (AvgIpc) is 3.11. The zero-order chi connectivity index (χ0) is 19.2. The van der Waals surface area contributed by atoms with Crippen molar-refractivity contribution < 1.29 is 14.3 Å². The van der Waals surface area contributed by atoms with Crippen molar-refractivity contribution in [2.24, 2.45) is 7.05 Å². The van der Waals surface area contributed by atoms with E-state index in [9.17, 15) is 9.59 Å². The lowest BCUT2D eigenvalue weighted by atomic mass is 10.0. The van der Waals surface area contributed by atoms with Gasteiger partial charge in [0.2, 0.25) is 5.91 Å². The molecular weight excluding hydrogens is 344 g/mol. The number of rotatable bonds is 6. The van der Waals surface area contributed by atoms with Crippen LogP contribution in [0.4, 0.5) is 0 Å². The Hall–Kier alpha value is -1.86. The highest BCUT2D eigenvalue weighted by Crippen LogP contribution is 2.19. The van der Waals surface area contributed by atoms with Gasteiger partial charge in [0.15, 0.2) is 0 Å². The third kappa shape index (κ3) is 5.11. The van der Waals surface area contributed by atoms with Gasteiger partial charge in [0.05, 0.1) is 13.2 Å². The number of aryl methyl sites for hydroxylation is 1. The summed E-state index contributed by atoms with van der Waals surface area (Å²) in [7, 11) is 1.89. The number of hydrogen-bond acceptors (Lipinski definition) is 4. The second-order valence-electron chi connectivity index (χ2n) is 7.57. The highest BCUT2D eigenvalue weighted by molar-refractivity contribution is 5.92. The Balaban J connectivity index is 1.55. The van der Waals surface area contributed by atoms with Gasteiger partial charge in [0.1, 0.15) is 5.69 Å². The van der Waals surface area contributed by atoms with Gasteiger partial charge in [-0.05, 0) is 31.4 Å². The van der Waals surface area contributed by atoms with Crippen LogP contribution in [0.5, 0.6) is 0 Å². The van der Waals surface area contributed by atoms with Gasteiger partial charge in [0, 0.05) is 65.5 Å². The number of amides is 2. The molecule has 2 fully saturated rings. The average molecular weight is 377 g/mol. The molecule has 0 saturated carbocycles. The second-order valence-corrected chi connectivity index (χ2v) is 7.57. The van der Waals surface area contributed by atoms with Gasteiger partial charge in [-0.1, -0.05) is 0 Å². The van der Waals surface area contributed by atoms with Gasteiger partial charge in [0.25, 0.3) is 5.91 Å². The number of carbonyl (C=O) groups is 2. The number of nitrogens with zero attached hydrogens (tertiary/aromatic N) is 4. The number of ether oxygens (including phenoxy) is 1. The molecule has 7 heteroatoms. The third-order valence-corrected chi connectivity index (χ3v) is 5.67. The fourth-order valence-corrected chi connectivity index (χ4v) is 4.13. The van der Waals surface area contributed by atoms with Crippen LogP contribution in [0, 0.1) is 0 Å². The van der Waals surface area contributed by atoms with E-state index in [0.29, 0.717) is 12.2 Å². The van der Waals surface area contributed by atoms with Crippen molar-refractivity contribution in [2.45, 2.75) is 32.2 Å². The molecule has 1 atom stereocenters. The third-order valence-electron chi connectivity index (χ3n) is 5.67. The summed E-state index contributed by atoms with van der Waals surface area (Å²) in [6.45, 7) is 8.33. The Morgan fingerprint density at radius 2 is 2.04 bits per heavy atom. The summed E-state index contributed by atoms with van der Waals surface area (Å²) in [6.07, 6.45) is 4.76. The smallest absolute Gasteiger partial charge is 0.270 e. The second kappa shape index (κ2) is 9.37. The Morgan fingerprint density at radius 3 is 2.70 bits per heavy atom. The van der Waals surface area contributed by atoms with E-state index < -0.39 is 0 Å². The largest absolute Gasteiger partial charge is 0.379 e. The van der Waals surface area contributed by atoms with Crippen molar-refractivity contribution in [1.29, 1.82) is 0 Å². The summed E-state index contributed by atoms with van der Waals surface area (Å²) in [6, 6.07) is 3.87. The maximum atomic E-state index is 12.8. The quantitative estimate of drug-likeness (QED) is 0.749. The molecule has 2 aliphatic heterocycles. The van der Waals surface area contributed by atoms with Gasteiger partial charge in [-0.25, -0.2) is 0 Å². The zero-order valence-corrected chi connectivity index (χ0v) is 16.6. The van der Waals surface area contributed by atoms with Crippen LogP contribution >= 0.6 is 0 Å². The molecule has 0 bridgehead atoms. The predicted octanol–water partition coefficient (Wildman–Crippen LogP) is 1.20. The summed E-state index contributed by atoms with van der Waals surface area (Å²) < 4.78 is 7.25. The van der Waals surface area contributed by atoms with Crippen molar-refractivity contribution in [3.8, 4) is 0 Å². The maximum absolute atomic E-state index is 12.8. The van der Waals surface area contributed by atoms with E-state index in [-0.39, 0.29) is 17.9 Å². The standard InChI is InChI=1S/C20H32N4O3/c1-17(25)24(11-5-9-22-12-14-27-15-13-22)18-6-3-10-23(16-18)20(26)19-7-4-8-21(19)2/h4,7-8,18H,3,5-6,9-16H2,1-2H3. The summed E-state index contributed by atoms with van der Waals surface area (Å²) in [4.78, 5) is 31.4. The van der Waals surface area contributed by atoms with E-state index in [1.165, 1.54) is 0 Å². The Labute approximate surface area is 161 Å². The minimum absolute atomic E-state index is 0.0593. The number of morpholine rings is 1. The van der Waals surface area contributed by atoms with Crippen molar-refractivity contribution in [1.82, 2.24) is 19.3 Å². The summed E-state index contributed by atoms with van der Waals surface area (Å²) >= 11 is 0. The normalized spacial score (nSPS) is 21.3. The fraction of sp³-hybridized carbons (Fsp3) is 0.700. The highest BCUT2D eigenvalue weighted by Gasteiger charge is 2.30. The first-order chi connectivity index (χ1) is 13.1. The molecule has 1 aromatic rings. The molecule has 2 aliphatic rings. The van der Waals surface area contributed by atoms with Crippen molar-refractivity contribution in [3.05, 3.63) is 24.0 Å². The van der Waals surface area contributed by atoms with Crippen molar-refractivity contribution >= 4 is 11.8 Å². The molecule has 3 rings (SSSR count). The number of hydrogen-bond donors (Lipinski definition) is 0. The lowest BCUT2D eigenvalue weighted by molar-refractivity contribution is -0.132. The molecule has 0 aromatic carbocycles. The van der Waals surface area contributed by atoms with Gasteiger partial charge < -0.3 is 19.1 Å². The Bertz CT molecular complexity index is 639. The van der Waals surface area contributed by atoms with Gasteiger partial charge >= 0.3 is 0 Å². The molecule has 7 nitrogen and oxygen atoms in total. The molecule has 2 saturated heterocycles. The highest BCUT2D eigenvalue weighted by atomic mass is 16.5. The maximum Gasteiger partial charge on any atom is 0.270 e. The molecule has 0 N–H and O–H groups in total. The van der Waals surface area contributed by atoms with Crippen LogP contribution in [0.15, 0.2) is 18.3 Å².